The summed E-state index contributed by atoms with van der Waals surface area (Å²) >= 11 is 5.97. The zero-order valence-corrected chi connectivity index (χ0v) is 10.7. The molecule has 1 aliphatic heterocycles. The van der Waals surface area contributed by atoms with Crippen LogP contribution in [0.15, 0.2) is 18.2 Å². The number of nitrogen functional groups attached to an aromatic ring is 1. The van der Waals surface area contributed by atoms with Gasteiger partial charge in [-0.1, -0.05) is 11.6 Å². The van der Waals surface area contributed by atoms with Crippen molar-refractivity contribution in [3.8, 4) is 0 Å². The number of hydrogen-bond donors (Lipinski definition) is 2. The van der Waals surface area contributed by atoms with Gasteiger partial charge in [0.05, 0.1) is 0 Å². The third-order valence-electron chi connectivity index (χ3n) is 3.41. The number of likely N-dealkylation sites (tertiary alicyclic amines) is 1. The third kappa shape index (κ3) is 3.35. The number of benzene rings is 1. The van der Waals surface area contributed by atoms with Crippen LogP contribution in [0.2, 0.25) is 5.02 Å². The molecule has 0 bridgehead atoms. The SMILES string of the molecule is Nc1ccc(Cl)cc1CN1CCC(CCO)C1. The van der Waals surface area contributed by atoms with Crippen molar-refractivity contribution in [2.75, 3.05) is 25.4 Å². The topological polar surface area (TPSA) is 49.5 Å². The van der Waals surface area contributed by atoms with E-state index in [4.69, 9.17) is 22.4 Å². The fraction of sp³-hybridized carbons (Fsp3) is 0.538. The maximum Gasteiger partial charge on any atom is 0.0434 e. The maximum atomic E-state index is 8.93. The van der Waals surface area contributed by atoms with Gasteiger partial charge in [0, 0.05) is 30.4 Å². The molecule has 1 heterocycles. The van der Waals surface area contributed by atoms with E-state index in [1.165, 1.54) is 6.42 Å². The van der Waals surface area contributed by atoms with Gasteiger partial charge in [0.2, 0.25) is 0 Å². The minimum atomic E-state index is 0.289. The molecule has 0 saturated carbocycles. The number of nitrogens with two attached hydrogens (primary N) is 1. The van der Waals surface area contributed by atoms with E-state index in [0.717, 1.165) is 42.3 Å². The van der Waals surface area contributed by atoms with Crippen LogP contribution in [0.25, 0.3) is 0 Å². The van der Waals surface area contributed by atoms with E-state index in [1.54, 1.807) is 0 Å². The Morgan fingerprint density at radius 2 is 2.29 bits per heavy atom. The van der Waals surface area contributed by atoms with Crippen LogP contribution in [0.4, 0.5) is 5.69 Å². The van der Waals surface area contributed by atoms with Gasteiger partial charge in [-0.05, 0) is 49.1 Å². The highest BCUT2D eigenvalue weighted by atomic mass is 35.5. The largest absolute Gasteiger partial charge is 0.398 e. The van der Waals surface area contributed by atoms with Gasteiger partial charge in [-0.2, -0.15) is 0 Å². The second-order valence-electron chi connectivity index (χ2n) is 4.75. The van der Waals surface area contributed by atoms with E-state index in [9.17, 15) is 0 Å². The summed E-state index contributed by atoms with van der Waals surface area (Å²) in [4.78, 5) is 2.38. The molecule has 0 amide bonds. The molecular formula is C13H19ClN2O. The highest BCUT2D eigenvalue weighted by Crippen LogP contribution is 2.24. The average Bonchev–Trinajstić information content (AvgIpc) is 2.72. The van der Waals surface area contributed by atoms with Gasteiger partial charge in [-0.3, -0.25) is 4.90 Å². The first-order chi connectivity index (χ1) is 8.19. The molecule has 1 aromatic rings. The lowest BCUT2D eigenvalue weighted by Gasteiger charge is -2.17. The van der Waals surface area contributed by atoms with Crippen LogP contribution >= 0.6 is 11.6 Å². The first kappa shape index (κ1) is 12.7. The highest BCUT2D eigenvalue weighted by molar-refractivity contribution is 6.30. The average molecular weight is 255 g/mol. The molecule has 0 radical (unpaired) electrons. The Morgan fingerprint density at radius 3 is 3.06 bits per heavy atom. The van der Waals surface area contributed by atoms with Gasteiger partial charge < -0.3 is 10.8 Å². The number of hydrogen-bond acceptors (Lipinski definition) is 3. The predicted molar refractivity (Wildman–Crippen MR) is 71.0 cm³/mol. The molecule has 17 heavy (non-hydrogen) atoms. The lowest BCUT2D eigenvalue weighted by atomic mass is 10.1. The molecule has 1 saturated heterocycles. The van der Waals surface area contributed by atoms with E-state index in [0.29, 0.717) is 5.92 Å². The standard InChI is InChI=1S/C13H19ClN2O/c14-12-1-2-13(15)11(7-12)9-16-5-3-10(8-16)4-6-17/h1-2,7,10,17H,3-6,8-9,15H2. The zero-order valence-electron chi connectivity index (χ0n) is 9.90. The minimum absolute atomic E-state index is 0.289. The molecular weight excluding hydrogens is 236 g/mol. The first-order valence-electron chi connectivity index (χ1n) is 6.06. The summed E-state index contributed by atoms with van der Waals surface area (Å²) < 4.78 is 0. The summed E-state index contributed by atoms with van der Waals surface area (Å²) in [5.74, 6) is 0.625. The molecule has 94 valence electrons. The molecule has 1 aromatic carbocycles. The van der Waals surface area contributed by atoms with Crippen molar-refractivity contribution in [3.63, 3.8) is 0 Å². The van der Waals surface area contributed by atoms with Gasteiger partial charge in [0.1, 0.15) is 0 Å². The van der Waals surface area contributed by atoms with Crippen LogP contribution in [-0.2, 0) is 6.54 Å². The van der Waals surface area contributed by atoms with Gasteiger partial charge >= 0.3 is 0 Å². The van der Waals surface area contributed by atoms with E-state index in [2.05, 4.69) is 4.90 Å². The minimum Gasteiger partial charge on any atom is -0.398 e. The van der Waals surface area contributed by atoms with Crippen LogP contribution < -0.4 is 5.73 Å². The van der Waals surface area contributed by atoms with E-state index in [-0.39, 0.29) is 6.61 Å². The maximum absolute atomic E-state index is 8.93. The second kappa shape index (κ2) is 5.71. The number of nitrogens with zero attached hydrogens (tertiary/aromatic N) is 1. The Kier molecular flexibility index (Phi) is 4.26. The smallest absolute Gasteiger partial charge is 0.0434 e. The number of aliphatic hydroxyl groups is 1. The van der Waals surface area contributed by atoms with Gasteiger partial charge in [-0.25, -0.2) is 0 Å². The fourth-order valence-corrected chi connectivity index (χ4v) is 2.62. The van der Waals surface area contributed by atoms with Crippen LogP contribution in [0.5, 0.6) is 0 Å². The number of rotatable bonds is 4. The Balaban J connectivity index is 1.95. The lowest BCUT2D eigenvalue weighted by molar-refractivity contribution is 0.249. The van der Waals surface area contributed by atoms with Crippen molar-refractivity contribution in [1.29, 1.82) is 0 Å². The molecule has 1 fully saturated rings. The molecule has 3 nitrogen and oxygen atoms in total. The Hall–Kier alpha value is -0.770. The predicted octanol–water partition coefficient (Wildman–Crippen LogP) is 2.13. The molecule has 4 heteroatoms. The molecule has 0 aliphatic carbocycles. The Labute approximate surface area is 107 Å². The van der Waals surface area contributed by atoms with Gasteiger partial charge in [0.25, 0.3) is 0 Å². The van der Waals surface area contributed by atoms with E-state index in [1.807, 2.05) is 18.2 Å². The molecule has 1 atom stereocenters. The van der Waals surface area contributed by atoms with Crippen LogP contribution in [0.3, 0.4) is 0 Å². The van der Waals surface area contributed by atoms with Crippen LogP contribution in [0.1, 0.15) is 18.4 Å². The number of halogens is 1. The second-order valence-corrected chi connectivity index (χ2v) is 5.18. The molecule has 0 spiro atoms. The van der Waals surface area contributed by atoms with Crippen molar-refractivity contribution < 1.29 is 5.11 Å². The molecule has 0 aromatic heterocycles. The van der Waals surface area contributed by atoms with E-state index >= 15 is 0 Å². The first-order valence-corrected chi connectivity index (χ1v) is 6.44. The van der Waals surface area contributed by atoms with Crippen molar-refractivity contribution in [1.82, 2.24) is 4.90 Å². The molecule has 3 N–H and O–H groups in total. The van der Waals surface area contributed by atoms with Gasteiger partial charge in [0.15, 0.2) is 0 Å². The quantitative estimate of drug-likeness (QED) is 0.810. The number of anilines is 1. The summed E-state index contributed by atoms with van der Waals surface area (Å²) in [6.07, 6.45) is 2.07. The summed E-state index contributed by atoms with van der Waals surface area (Å²) in [5.41, 5.74) is 7.84. The molecule has 1 aliphatic rings. The molecule has 1 unspecified atom stereocenters. The summed E-state index contributed by atoms with van der Waals surface area (Å²) in [6, 6.07) is 5.62. The summed E-state index contributed by atoms with van der Waals surface area (Å²) in [7, 11) is 0. The van der Waals surface area contributed by atoms with Crippen molar-refractivity contribution in [2.24, 2.45) is 5.92 Å². The van der Waals surface area contributed by atoms with E-state index < -0.39 is 0 Å². The summed E-state index contributed by atoms with van der Waals surface area (Å²) in [6.45, 7) is 3.27. The van der Waals surface area contributed by atoms with Crippen molar-refractivity contribution >= 4 is 17.3 Å². The van der Waals surface area contributed by atoms with Gasteiger partial charge in [-0.15, -0.1) is 0 Å². The molecule has 2 rings (SSSR count). The van der Waals surface area contributed by atoms with Crippen molar-refractivity contribution in [2.45, 2.75) is 19.4 Å². The highest BCUT2D eigenvalue weighted by Gasteiger charge is 2.22. The Morgan fingerprint density at radius 1 is 1.47 bits per heavy atom. The summed E-state index contributed by atoms with van der Waals surface area (Å²) in [5, 5.41) is 9.66. The van der Waals surface area contributed by atoms with Crippen LogP contribution in [-0.4, -0.2) is 29.7 Å². The zero-order chi connectivity index (χ0) is 12.3. The van der Waals surface area contributed by atoms with Crippen molar-refractivity contribution in [3.05, 3.63) is 28.8 Å². The fourth-order valence-electron chi connectivity index (χ4n) is 2.43. The van der Waals surface area contributed by atoms with Crippen LogP contribution in [0, 0.1) is 5.92 Å². The normalized spacial score (nSPS) is 20.9. The monoisotopic (exact) mass is 254 g/mol. The lowest BCUT2D eigenvalue weighted by Crippen LogP contribution is -2.21. The number of aliphatic hydroxyl groups excluding tert-OH is 1. The third-order valence-corrected chi connectivity index (χ3v) is 3.64. The Bertz CT molecular complexity index is 384.